The smallest absolute Gasteiger partial charge is 0.163 e. The summed E-state index contributed by atoms with van der Waals surface area (Å²) in [5.41, 5.74) is 3.04. The fourth-order valence-corrected chi connectivity index (χ4v) is 1.97. The van der Waals surface area contributed by atoms with Crippen LogP contribution in [-0.2, 0) is 0 Å². The fourth-order valence-electron chi connectivity index (χ4n) is 1.97. The first-order valence-electron chi connectivity index (χ1n) is 6.30. The van der Waals surface area contributed by atoms with Gasteiger partial charge < -0.3 is 9.84 Å². The minimum Gasteiger partial charge on any atom is -0.504 e. The molecule has 4 heteroatoms. The monoisotopic (exact) mass is 254 g/mol. The van der Waals surface area contributed by atoms with Crippen molar-refractivity contribution in [1.29, 1.82) is 0 Å². The third-order valence-corrected chi connectivity index (χ3v) is 2.88. The Morgan fingerprint density at radius 1 is 1.00 bits per heavy atom. The first kappa shape index (κ1) is 11.7. The lowest BCUT2D eigenvalue weighted by atomic mass is 10.2. The van der Waals surface area contributed by atoms with Crippen molar-refractivity contribution >= 4 is 22.1 Å². The van der Waals surface area contributed by atoms with Crippen LogP contribution >= 0.6 is 0 Å². The van der Waals surface area contributed by atoms with Crippen molar-refractivity contribution < 1.29 is 9.84 Å². The normalized spacial score (nSPS) is 11.0. The Morgan fingerprint density at radius 3 is 2.26 bits per heavy atom. The number of fused-ring (bicyclic) bond motifs is 2. The highest BCUT2D eigenvalue weighted by molar-refractivity contribution is 5.87. The number of hydrogen-bond acceptors (Lipinski definition) is 4. The van der Waals surface area contributed by atoms with Crippen LogP contribution in [0.1, 0.15) is 13.3 Å². The van der Waals surface area contributed by atoms with Crippen molar-refractivity contribution in [2.75, 3.05) is 6.61 Å². The van der Waals surface area contributed by atoms with E-state index in [2.05, 4.69) is 9.97 Å². The molecular weight excluding hydrogens is 240 g/mol. The van der Waals surface area contributed by atoms with Gasteiger partial charge in [0, 0.05) is 12.1 Å². The van der Waals surface area contributed by atoms with Gasteiger partial charge in [0.1, 0.15) is 0 Å². The number of nitrogens with zero attached hydrogens (tertiary/aromatic N) is 2. The summed E-state index contributed by atoms with van der Waals surface area (Å²) in [6.45, 7) is 2.59. The molecule has 0 saturated carbocycles. The maximum absolute atomic E-state index is 9.91. The molecule has 0 unspecified atom stereocenters. The van der Waals surface area contributed by atoms with E-state index in [-0.39, 0.29) is 5.75 Å². The number of phenolic OH excluding ortho intramolecular Hbond substituents is 1. The highest BCUT2D eigenvalue weighted by Crippen LogP contribution is 2.30. The maximum Gasteiger partial charge on any atom is 0.163 e. The lowest BCUT2D eigenvalue weighted by molar-refractivity contribution is 0.300. The summed E-state index contributed by atoms with van der Waals surface area (Å²) in [5.74, 6) is 0.560. The zero-order chi connectivity index (χ0) is 13.2. The Balaban J connectivity index is 2.18. The van der Waals surface area contributed by atoms with E-state index in [1.165, 1.54) is 0 Å². The van der Waals surface area contributed by atoms with Crippen molar-refractivity contribution in [2.45, 2.75) is 13.3 Å². The van der Waals surface area contributed by atoms with E-state index in [0.29, 0.717) is 17.9 Å². The topological polar surface area (TPSA) is 55.2 Å². The third-order valence-electron chi connectivity index (χ3n) is 2.88. The number of aromatic nitrogens is 2. The molecule has 1 N–H and O–H groups in total. The van der Waals surface area contributed by atoms with E-state index in [9.17, 15) is 5.11 Å². The van der Waals surface area contributed by atoms with E-state index in [1.807, 2.05) is 31.2 Å². The molecule has 0 aliphatic carbocycles. The van der Waals surface area contributed by atoms with Crippen molar-refractivity contribution in [3.63, 3.8) is 0 Å². The summed E-state index contributed by atoms with van der Waals surface area (Å²) in [5, 5.41) is 9.91. The molecule has 4 nitrogen and oxygen atoms in total. The summed E-state index contributed by atoms with van der Waals surface area (Å²) in [7, 11) is 0. The van der Waals surface area contributed by atoms with Gasteiger partial charge >= 0.3 is 0 Å². The predicted molar refractivity (Wildman–Crippen MR) is 74.5 cm³/mol. The Morgan fingerprint density at radius 2 is 1.63 bits per heavy atom. The molecule has 3 aromatic rings. The largest absolute Gasteiger partial charge is 0.504 e. The first-order valence-corrected chi connectivity index (χ1v) is 6.30. The lowest BCUT2D eigenvalue weighted by Crippen LogP contribution is -1.96. The van der Waals surface area contributed by atoms with Crippen molar-refractivity contribution in [3.05, 3.63) is 36.4 Å². The average molecular weight is 254 g/mol. The molecule has 0 bridgehead atoms. The maximum atomic E-state index is 9.91. The number of hydrogen-bond donors (Lipinski definition) is 1. The van der Waals surface area contributed by atoms with Crippen LogP contribution in [0.2, 0.25) is 0 Å². The van der Waals surface area contributed by atoms with E-state index in [4.69, 9.17) is 4.74 Å². The van der Waals surface area contributed by atoms with Crippen molar-refractivity contribution in [3.8, 4) is 11.5 Å². The summed E-state index contributed by atoms with van der Waals surface area (Å²) >= 11 is 0. The average Bonchev–Trinajstić information content (AvgIpc) is 2.43. The minimum atomic E-state index is 0.102. The molecule has 0 fully saturated rings. The molecular formula is C15H14N2O2. The fraction of sp³-hybridized carbons (Fsp3) is 0.200. The van der Waals surface area contributed by atoms with Crippen LogP contribution in [0.4, 0.5) is 0 Å². The molecule has 0 aliphatic rings. The lowest BCUT2D eigenvalue weighted by Gasteiger charge is -2.08. The Hall–Kier alpha value is -2.36. The van der Waals surface area contributed by atoms with Gasteiger partial charge in [0.2, 0.25) is 0 Å². The number of para-hydroxylation sites is 2. The van der Waals surface area contributed by atoms with Gasteiger partial charge in [-0.25, -0.2) is 9.97 Å². The van der Waals surface area contributed by atoms with Gasteiger partial charge in [0.05, 0.1) is 28.7 Å². The molecule has 0 amide bonds. The number of ether oxygens (including phenoxy) is 1. The second-order valence-corrected chi connectivity index (χ2v) is 4.37. The zero-order valence-electron chi connectivity index (χ0n) is 10.6. The van der Waals surface area contributed by atoms with Crippen LogP contribution in [0.25, 0.3) is 22.1 Å². The summed E-state index contributed by atoms with van der Waals surface area (Å²) in [4.78, 5) is 9.02. The Labute approximate surface area is 110 Å². The van der Waals surface area contributed by atoms with E-state index < -0.39 is 0 Å². The number of rotatable bonds is 3. The van der Waals surface area contributed by atoms with Crippen LogP contribution < -0.4 is 4.74 Å². The molecule has 0 saturated heterocycles. The van der Waals surface area contributed by atoms with Gasteiger partial charge in [-0.3, -0.25) is 0 Å². The molecule has 1 heterocycles. The van der Waals surface area contributed by atoms with Crippen molar-refractivity contribution in [2.24, 2.45) is 0 Å². The van der Waals surface area contributed by atoms with Crippen LogP contribution in [0.3, 0.4) is 0 Å². The Kier molecular flexibility index (Phi) is 2.91. The predicted octanol–water partition coefficient (Wildman–Crippen LogP) is 3.28. The summed E-state index contributed by atoms with van der Waals surface area (Å²) in [6, 6.07) is 11.0. The van der Waals surface area contributed by atoms with Crippen molar-refractivity contribution in [1.82, 2.24) is 9.97 Å². The molecule has 3 rings (SSSR count). The number of phenols is 1. The molecule has 2 aromatic carbocycles. The minimum absolute atomic E-state index is 0.102. The first-order chi connectivity index (χ1) is 9.28. The summed E-state index contributed by atoms with van der Waals surface area (Å²) in [6.07, 6.45) is 0.890. The van der Waals surface area contributed by atoms with Gasteiger partial charge in [-0.2, -0.15) is 0 Å². The highest BCUT2D eigenvalue weighted by Gasteiger charge is 2.08. The van der Waals surface area contributed by atoms with E-state index >= 15 is 0 Å². The van der Waals surface area contributed by atoms with Crippen LogP contribution in [-0.4, -0.2) is 21.7 Å². The van der Waals surface area contributed by atoms with Gasteiger partial charge in [-0.05, 0) is 18.6 Å². The van der Waals surface area contributed by atoms with Gasteiger partial charge in [0.15, 0.2) is 11.5 Å². The molecule has 0 radical (unpaired) electrons. The van der Waals surface area contributed by atoms with Crippen LogP contribution in [0.5, 0.6) is 11.5 Å². The van der Waals surface area contributed by atoms with Gasteiger partial charge in [0.25, 0.3) is 0 Å². The molecule has 19 heavy (non-hydrogen) atoms. The van der Waals surface area contributed by atoms with Crippen LogP contribution in [0.15, 0.2) is 36.4 Å². The molecule has 0 spiro atoms. The molecule has 1 aromatic heterocycles. The molecule has 96 valence electrons. The van der Waals surface area contributed by atoms with E-state index in [1.54, 1.807) is 12.1 Å². The standard InChI is InChI=1S/C15H14N2O2/c1-2-7-19-15-9-13-12(8-14(15)18)16-10-5-3-4-6-11(10)17-13/h3-6,8-9,18H,2,7H2,1H3. The number of aromatic hydroxyl groups is 1. The van der Waals surface area contributed by atoms with Gasteiger partial charge in [-0.1, -0.05) is 19.1 Å². The van der Waals surface area contributed by atoms with E-state index in [0.717, 1.165) is 23.0 Å². The summed E-state index contributed by atoms with van der Waals surface area (Å²) < 4.78 is 5.49. The van der Waals surface area contributed by atoms with Gasteiger partial charge in [-0.15, -0.1) is 0 Å². The Bertz CT molecular complexity index is 741. The third kappa shape index (κ3) is 2.17. The second kappa shape index (κ2) is 4.72. The quantitative estimate of drug-likeness (QED) is 0.729. The zero-order valence-corrected chi connectivity index (χ0v) is 10.6. The molecule has 0 atom stereocenters. The molecule has 0 aliphatic heterocycles. The number of benzene rings is 2. The van der Waals surface area contributed by atoms with Crippen LogP contribution in [0, 0.1) is 0 Å². The SMILES string of the molecule is CCCOc1cc2nc3ccccc3nc2cc1O. The second-order valence-electron chi connectivity index (χ2n) is 4.37. The highest BCUT2D eigenvalue weighted by atomic mass is 16.5.